The van der Waals surface area contributed by atoms with Crippen LogP contribution in [-0.4, -0.2) is 18.8 Å². The van der Waals surface area contributed by atoms with Crippen LogP contribution in [0.25, 0.3) is 0 Å². The number of nitrogens with zero attached hydrogens (tertiary/aromatic N) is 1. The molecule has 0 aromatic carbocycles. The van der Waals surface area contributed by atoms with Crippen LogP contribution in [0.2, 0.25) is 0 Å². The lowest BCUT2D eigenvalue weighted by molar-refractivity contribution is -0.134. The minimum Gasteiger partial charge on any atom is -0.462 e. The van der Waals surface area contributed by atoms with Crippen molar-refractivity contribution < 1.29 is 9.53 Å². The lowest BCUT2D eigenvalue weighted by Gasteiger charge is -1.92. The predicted octanol–water partition coefficient (Wildman–Crippen LogP) is -1.00. The standard InChI is InChI=1S/C4H9N3O2/c1-2-9-4(8)3-6-7-5/h3,7H,2,5H2,1H3. The van der Waals surface area contributed by atoms with Crippen molar-refractivity contribution in [2.24, 2.45) is 10.9 Å². The maximum absolute atomic E-state index is 10.3. The molecule has 5 heteroatoms. The Bertz CT molecular complexity index is 112. The van der Waals surface area contributed by atoms with Crippen LogP contribution in [-0.2, 0) is 9.53 Å². The molecular weight excluding hydrogens is 122 g/mol. The van der Waals surface area contributed by atoms with Gasteiger partial charge in [0, 0.05) is 0 Å². The monoisotopic (exact) mass is 131 g/mol. The first-order chi connectivity index (χ1) is 4.31. The van der Waals surface area contributed by atoms with E-state index in [1.165, 1.54) is 0 Å². The maximum atomic E-state index is 10.3. The quantitative estimate of drug-likeness (QED) is 0.223. The van der Waals surface area contributed by atoms with E-state index in [1.807, 2.05) is 5.53 Å². The summed E-state index contributed by atoms with van der Waals surface area (Å²) in [6.07, 6.45) is 0.962. The lowest BCUT2D eigenvalue weighted by Crippen LogP contribution is -2.16. The molecule has 0 unspecified atom stereocenters. The van der Waals surface area contributed by atoms with Gasteiger partial charge in [-0.1, -0.05) is 0 Å². The van der Waals surface area contributed by atoms with Crippen LogP contribution >= 0.6 is 0 Å². The molecule has 0 spiro atoms. The number of nitrogens with two attached hydrogens (primary N) is 1. The van der Waals surface area contributed by atoms with Crippen molar-refractivity contribution in [1.29, 1.82) is 0 Å². The van der Waals surface area contributed by atoms with Gasteiger partial charge in [-0.05, 0) is 6.92 Å². The van der Waals surface area contributed by atoms with Crippen LogP contribution < -0.4 is 11.4 Å². The molecular formula is C4H9N3O2. The highest BCUT2D eigenvalue weighted by molar-refractivity contribution is 6.23. The fourth-order valence-electron chi connectivity index (χ4n) is 0.269. The van der Waals surface area contributed by atoms with Gasteiger partial charge in [0.25, 0.3) is 0 Å². The summed E-state index contributed by atoms with van der Waals surface area (Å²) in [7, 11) is 0. The van der Waals surface area contributed by atoms with E-state index in [1.54, 1.807) is 6.92 Å². The zero-order valence-corrected chi connectivity index (χ0v) is 5.13. The van der Waals surface area contributed by atoms with Gasteiger partial charge in [0.05, 0.1) is 6.61 Å². The molecule has 0 atom stereocenters. The van der Waals surface area contributed by atoms with Gasteiger partial charge in [0.15, 0.2) is 0 Å². The van der Waals surface area contributed by atoms with E-state index >= 15 is 0 Å². The van der Waals surface area contributed by atoms with Crippen molar-refractivity contribution in [3.8, 4) is 0 Å². The highest BCUT2D eigenvalue weighted by atomic mass is 16.5. The smallest absolute Gasteiger partial charge is 0.351 e. The van der Waals surface area contributed by atoms with Crippen molar-refractivity contribution in [3.05, 3.63) is 0 Å². The summed E-state index contributed by atoms with van der Waals surface area (Å²) < 4.78 is 4.46. The first kappa shape index (κ1) is 7.90. The molecule has 0 bridgehead atoms. The summed E-state index contributed by atoms with van der Waals surface area (Å²) in [5.74, 6) is 4.21. The van der Waals surface area contributed by atoms with Gasteiger partial charge in [-0.25, -0.2) is 16.2 Å². The van der Waals surface area contributed by atoms with Gasteiger partial charge in [-0.2, -0.15) is 5.10 Å². The third kappa shape index (κ3) is 4.76. The van der Waals surface area contributed by atoms with Crippen molar-refractivity contribution in [2.75, 3.05) is 6.61 Å². The maximum Gasteiger partial charge on any atom is 0.351 e. The number of esters is 1. The Morgan fingerprint density at radius 3 is 3.11 bits per heavy atom. The summed E-state index contributed by atoms with van der Waals surface area (Å²) in [5, 5.41) is 3.22. The molecule has 0 amide bonds. The zero-order valence-electron chi connectivity index (χ0n) is 5.13. The third-order valence-corrected chi connectivity index (χ3v) is 0.531. The molecule has 3 N–H and O–H groups in total. The summed E-state index contributed by atoms with van der Waals surface area (Å²) in [6, 6.07) is 0. The zero-order chi connectivity index (χ0) is 7.11. The lowest BCUT2D eigenvalue weighted by atomic mass is 10.7. The van der Waals surface area contributed by atoms with Crippen LogP contribution in [0.3, 0.4) is 0 Å². The largest absolute Gasteiger partial charge is 0.462 e. The first-order valence-corrected chi connectivity index (χ1v) is 2.46. The fraction of sp³-hybridized carbons (Fsp3) is 0.500. The van der Waals surface area contributed by atoms with Gasteiger partial charge in [0.1, 0.15) is 6.21 Å². The van der Waals surface area contributed by atoms with Gasteiger partial charge < -0.3 is 4.74 Å². The summed E-state index contributed by atoms with van der Waals surface area (Å²) >= 11 is 0. The molecule has 0 fully saturated rings. The molecule has 0 rings (SSSR count). The predicted molar refractivity (Wildman–Crippen MR) is 32.4 cm³/mol. The summed E-state index contributed by atoms with van der Waals surface area (Å²) in [5.41, 5.74) is 1.93. The van der Waals surface area contributed by atoms with E-state index in [4.69, 9.17) is 5.84 Å². The van der Waals surface area contributed by atoms with Gasteiger partial charge >= 0.3 is 5.97 Å². The fourth-order valence-corrected chi connectivity index (χ4v) is 0.269. The molecule has 0 aromatic heterocycles. The molecule has 0 radical (unpaired) electrons. The Hall–Kier alpha value is -1.10. The molecule has 0 aliphatic carbocycles. The first-order valence-electron chi connectivity index (χ1n) is 2.46. The second-order valence-electron chi connectivity index (χ2n) is 1.14. The summed E-state index contributed by atoms with van der Waals surface area (Å²) in [4.78, 5) is 10.3. The SMILES string of the molecule is CCOC(=O)C=NNN. The van der Waals surface area contributed by atoms with Gasteiger partial charge in [-0.15, -0.1) is 0 Å². The third-order valence-electron chi connectivity index (χ3n) is 0.531. The van der Waals surface area contributed by atoms with Crippen molar-refractivity contribution in [3.63, 3.8) is 0 Å². The number of carbonyl (C=O) groups is 1. The minimum absolute atomic E-state index is 0.343. The van der Waals surface area contributed by atoms with E-state index in [2.05, 4.69) is 9.84 Å². The normalized spacial score (nSPS) is 9.56. The van der Waals surface area contributed by atoms with Crippen LogP contribution in [0.15, 0.2) is 5.10 Å². The number of ether oxygens (including phenoxy) is 1. The minimum atomic E-state index is -0.504. The van der Waals surface area contributed by atoms with Gasteiger partial charge in [-0.3, -0.25) is 0 Å². The number of carbonyl (C=O) groups excluding carboxylic acids is 1. The topological polar surface area (TPSA) is 76.7 Å². The molecule has 0 saturated heterocycles. The van der Waals surface area contributed by atoms with Crippen LogP contribution in [0, 0.1) is 0 Å². The Kier molecular flexibility index (Phi) is 4.43. The Morgan fingerprint density at radius 1 is 2.00 bits per heavy atom. The van der Waals surface area contributed by atoms with Gasteiger partial charge in [0.2, 0.25) is 0 Å². The Balaban J connectivity index is 3.37. The Labute approximate surface area is 52.8 Å². The number of hydrogen-bond acceptors (Lipinski definition) is 5. The van der Waals surface area contributed by atoms with Crippen LogP contribution in [0.4, 0.5) is 0 Å². The molecule has 0 aromatic rings. The average molecular weight is 131 g/mol. The highest BCUT2D eigenvalue weighted by Crippen LogP contribution is 1.70. The van der Waals surface area contributed by atoms with Crippen LogP contribution in [0.5, 0.6) is 0 Å². The molecule has 0 saturated carbocycles. The van der Waals surface area contributed by atoms with Crippen molar-refractivity contribution in [2.45, 2.75) is 6.92 Å². The number of nitrogens with one attached hydrogen (secondary N) is 1. The molecule has 0 aliphatic rings. The molecule has 52 valence electrons. The molecule has 9 heavy (non-hydrogen) atoms. The van der Waals surface area contributed by atoms with E-state index in [0.717, 1.165) is 6.21 Å². The molecule has 5 nitrogen and oxygen atoms in total. The second-order valence-corrected chi connectivity index (χ2v) is 1.14. The molecule has 0 aliphatic heterocycles. The number of rotatable bonds is 3. The molecule has 0 heterocycles. The second kappa shape index (κ2) is 5.04. The number of hydrazine groups is 1. The Morgan fingerprint density at radius 2 is 2.67 bits per heavy atom. The van der Waals surface area contributed by atoms with E-state index < -0.39 is 5.97 Å². The highest BCUT2D eigenvalue weighted by Gasteiger charge is 1.91. The average Bonchev–Trinajstić information content (AvgIpc) is 1.85. The van der Waals surface area contributed by atoms with Crippen LogP contribution in [0.1, 0.15) is 6.92 Å². The van der Waals surface area contributed by atoms with E-state index in [9.17, 15) is 4.79 Å². The number of hydrazone groups is 1. The number of hydrogen-bond donors (Lipinski definition) is 2. The van der Waals surface area contributed by atoms with E-state index in [-0.39, 0.29) is 0 Å². The summed E-state index contributed by atoms with van der Waals surface area (Å²) in [6.45, 7) is 2.05. The van der Waals surface area contributed by atoms with Crippen molar-refractivity contribution >= 4 is 12.2 Å². The van der Waals surface area contributed by atoms with Crippen molar-refractivity contribution in [1.82, 2.24) is 5.53 Å². The van der Waals surface area contributed by atoms with E-state index in [0.29, 0.717) is 6.61 Å².